The first-order valence-electron chi connectivity index (χ1n) is 8.92. The van der Waals surface area contributed by atoms with E-state index >= 15 is 0 Å². The molecule has 0 radical (unpaired) electrons. The van der Waals surface area contributed by atoms with E-state index in [0.29, 0.717) is 30.9 Å². The summed E-state index contributed by atoms with van der Waals surface area (Å²) < 4.78 is 9.56. The molecule has 1 aromatic heterocycles. The average Bonchev–Trinajstić information content (AvgIpc) is 2.75. The van der Waals surface area contributed by atoms with Crippen LogP contribution in [-0.4, -0.2) is 61.7 Å². The van der Waals surface area contributed by atoms with Crippen molar-refractivity contribution in [3.8, 4) is 0 Å². The van der Waals surface area contributed by atoms with Crippen LogP contribution >= 0.6 is 0 Å². The molecule has 0 aliphatic heterocycles. The first-order valence-corrected chi connectivity index (χ1v) is 8.92. The van der Waals surface area contributed by atoms with Crippen molar-refractivity contribution in [3.05, 3.63) is 59.9 Å². The van der Waals surface area contributed by atoms with Crippen LogP contribution in [0.2, 0.25) is 0 Å². The second-order valence-corrected chi connectivity index (χ2v) is 6.04. The highest BCUT2D eigenvalue weighted by molar-refractivity contribution is 5.97. The zero-order valence-electron chi connectivity index (χ0n) is 16.4. The van der Waals surface area contributed by atoms with Crippen LogP contribution in [0.25, 0.3) is 0 Å². The van der Waals surface area contributed by atoms with Crippen LogP contribution in [0.3, 0.4) is 0 Å². The van der Waals surface area contributed by atoms with Crippen molar-refractivity contribution < 1.29 is 23.9 Å². The summed E-state index contributed by atoms with van der Waals surface area (Å²) in [6.45, 7) is 0.978. The molecule has 0 saturated carbocycles. The van der Waals surface area contributed by atoms with E-state index in [0.717, 1.165) is 5.56 Å². The van der Waals surface area contributed by atoms with Gasteiger partial charge in [-0.1, -0.05) is 6.07 Å². The summed E-state index contributed by atoms with van der Waals surface area (Å²) in [5.74, 6) is -0.946. The fourth-order valence-corrected chi connectivity index (χ4v) is 2.40. The van der Waals surface area contributed by atoms with Crippen LogP contribution in [0, 0.1) is 0 Å². The molecule has 2 aromatic rings. The lowest BCUT2D eigenvalue weighted by Gasteiger charge is -2.23. The highest BCUT2D eigenvalue weighted by atomic mass is 16.5. The highest BCUT2D eigenvalue weighted by Gasteiger charge is 2.15. The van der Waals surface area contributed by atoms with Gasteiger partial charge in [-0.3, -0.25) is 14.6 Å². The van der Waals surface area contributed by atoms with Crippen molar-refractivity contribution in [2.24, 2.45) is 0 Å². The van der Waals surface area contributed by atoms with Gasteiger partial charge in [0.1, 0.15) is 6.54 Å². The normalized spacial score (nSPS) is 10.1. The standard InChI is InChI=1S/C20H24N4O5/c1-28-11-10-24(14-15-4-3-9-21-12-15)20(27)23-17-7-5-16(6-8-17)19(26)22-13-18(25)29-2/h3-9,12H,10-11,13-14H2,1-2H3,(H,22,26)(H,23,27). The number of urea groups is 1. The lowest BCUT2D eigenvalue weighted by molar-refractivity contribution is -0.139. The molecular weight excluding hydrogens is 376 g/mol. The molecule has 0 aliphatic carbocycles. The monoisotopic (exact) mass is 400 g/mol. The van der Waals surface area contributed by atoms with Gasteiger partial charge < -0.3 is 25.0 Å². The van der Waals surface area contributed by atoms with E-state index in [4.69, 9.17) is 4.74 Å². The molecule has 9 nitrogen and oxygen atoms in total. The van der Waals surface area contributed by atoms with Crippen molar-refractivity contribution in [1.29, 1.82) is 0 Å². The molecule has 1 heterocycles. The van der Waals surface area contributed by atoms with Gasteiger partial charge >= 0.3 is 12.0 Å². The molecule has 0 fully saturated rings. The van der Waals surface area contributed by atoms with Gasteiger partial charge in [0.05, 0.1) is 13.7 Å². The SMILES string of the molecule is COCCN(Cc1cccnc1)C(=O)Nc1ccc(C(=O)NCC(=O)OC)cc1. The third-order valence-electron chi connectivity index (χ3n) is 3.97. The Hall–Kier alpha value is -3.46. The number of aromatic nitrogens is 1. The smallest absolute Gasteiger partial charge is 0.325 e. The van der Waals surface area contributed by atoms with E-state index in [-0.39, 0.29) is 12.6 Å². The van der Waals surface area contributed by atoms with E-state index in [1.165, 1.54) is 7.11 Å². The van der Waals surface area contributed by atoms with Crippen LogP contribution in [0.4, 0.5) is 10.5 Å². The van der Waals surface area contributed by atoms with Crippen LogP contribution in [0.5, 0.6) is 0 Å². The zero-order valence-corrected chi connectivity index (χ0v) is 16.4. The van der Waals surface area contributed by atoms with Gasteiger partial charge in [0, 0.05) is 43.8 Å². The minimum absolute atomic E-state index is 0.212. The van der Waals surface area contributed by atoms with Crippen LogP contribution in [-0.2, 0) is 20.8 Å². The Labute approximate surface area is 169 Å². The number of rotatable bonds is 9. The summed E-state index contributed by atoms with van der Waals surface area (Å²) in [6, 6.07) is 9.75. The summed E-state index contributed by atoms with van der Waals surface area (Å²) in [4.78, 5) is 41.4. The summed E-state index contributed by atoms with van der Waals surface area (Å²) >= 11 is 0. The molecular formula is C20H24N4O5. The molecule has 0 atom stereocenters. The molecule has 9 heteroatoms. The van der Waals surface area contributed by atoms with Gasteiger partial charge in [-0.05, 0) is 35.9 Å². The van der Waals surface area contributed by atoms with Gasteiger partial charge in [-0.2, -0.15) is 0 Å². The maximum atomic E-state index is 12.7. The predicted octanol–water partition coefficient (Wildman–Crippen LogP) is 1.66. The van der Waals surface area contributed by atoms with E-state index in [9.17, 15) is 14.4 Å². The predicted molar refractivity (Wildman–Crippen MR) is 106 cm³/mol. The first-order chi connectivity index (χ1) is 14.0. The van der Waals surface area contributed by atoms with Crippen molar-refractivity contribution in [2.45, 2.75) is 6.54 Å². The molecule has 2 rings (SSSR count). The van der Waals surface area contributed by atoms with E-state index in [1.54, 1.807) is 48.7 Å². The Bertz CT molecular complexity index is 811. The number of hydrogen-bond donors (Lipinski definition) is 2. The van der Waals surface area contributed by atoms with Gasteiger partial charge in [0.2, 0.25) is 0 Å². The minimum atomic E-state index is -0.535. The Morgan fingerprint density at radius 1 is 1.10 bits per heavy atom. The fraction of sp³-hybridized carbons (Fsp3) is 0.300. The number of ether oxygens (including phenoxy) is 2. The van der Waals surface area contributed by atoms with Gasteiger partial charge in [-0.15, -0.1) is 0 Å². The van der Waals surface area contributed by atoms with Crippen LogP contribution in [0.1, 0.15) is 15.9 Å². The largest absolute Gasteiger partial charge is 0.468 e. The summed E-state index contributed by atoms with van der Waals surface area (Å²) in [6.07, 6.45) is 3.38. The number of benzene rings is 1. The molecule has 3 amide bonds. The molecule has 2 N–H and O–H groups in total. The zero-order chi connectivity index (χ0) is 21.1. The molecule has 0 unspecified atom stereocenters. The maximum absolute atomic E-state index is 12.7. The molecule has 0 bridgehead atoms. The third kappa shape index (κ3) is 7.23. The molecule has 29 heavy (non-hydrogen) atoms. The second-order valence-electron chi connectivity index (χ2n) is 6.04. The van der Waals surface area contributed by atoms with Gasteiger partial charge in [0.25, 0.3) is 5.91 Å². The Morgan fingerprint density at radius 3 is 2.48 bits per heavy atom. The van der Waals surface area contributed by atoms with Crippen molar-refractivity contribution in [2.75, 3.05) is 39.2 Å². The number of methoxy groups -OCH3 is 2. The third-order valence-corrected chi connectivity index (χ3v) is 3.97. The van der Waals surface area contributed by atoms with Crippen LogP contribution < -0.4 is 10.6 Å². The van der Waals surface area contributed by atoms with E-state index in [2.05, 4.69) is 20.4 Å². The summed E-state index contributed by atoms with van der Waals surface area (Å²) in [5.41, 5.74) is 1.79. The van der Waals surface area contributed by atoms with E-state index < -0.39 is 11.9 Å². The molecule has 0 aliphatic rings. The number of pyridine rings is 1. The molecule has 154 valence electrons. The van der Waals surface area contributed by atoms with Crippen molar-refractivity contribution in [3.63, 3.8) is 0 Å². The lowest BCUT2D eigenvalue weighted by atomic mass is 10.2. The van der Waals surface area contributed by atoms with Gasteiger partial charge in [0.15, 0.2) is 0 Å². The second kappa shape index (κ2) is 11.4. The minimum Gasteiger partial charge on any atom is -0.468 e. The number of anilines is 1. The summed E-state index contributed by atoms with van der Waals surface area (Å²) in [5, 5.41) is 5.25. The topological polar surface area (TPSA) is 110 Å². The number of nitrogens with one attached hydrogen (secondary N) is 2. The number of nitrogens with zero attached hydrogens (tertiary/aromatic N) is 2. The summed E-state index contributed by atoms with van der Waals surface area (Å²) in [7, 11) is 2.82. The highest BCUT2D eigenvalue weighted by Crippen LogP contribution is 2.12. The number of carbonyl (C=O) groups is 3. The Balaban J connectivity index is 1.97. The molecule has 1 aromatic carbocycles. The fourth-order valence-electron chi connectivity index (χ4n) is 2.40. The Kier molecular flexibility index (Phi) is 8.58. The molecule has 0 spiro atoms. The lowest BCUT2D eigenvalue weighted by Crippen LogP contribution is -2.36. The molecule has 0 saturated heterocycles. The maximum Gasteiger partial charge on any atom is 0.325 e. The van der Waals surface area contributed by atoms with Crippen molar-refractivity contribution in [1.82, 2.24) is 15.2 Å². The number of carbonyl (C=O) groups excluding carboxylic acids is 3. The quantitative estimate of drug-likeness (QED) is 0.620. The van der Waals surface area contributed by atoms with Crippen LogP contribution in [0.15, 0.2) is 48.8 Å². The number of esters is 1. The number of amides is 3. The van der Waals surface area contributed by atoms with E-state index in [1.807, 2.05) is 12.1 Å². The first kappa shape index (κ1) is 21.8. The number of hydrogen-bond acceptors (Lipinski definition) is 6. The van der Waals surface area contributed by atoms with Gasteiger partial charge in [-0.25, -0.2) is 4.79 Å². The Morgan fingerprint density at radius 2 is 1.86 bits per heavy atom. The van der Waals surface area contributed by atoms with Crippen molar-refractivity contribution >= 4 is 23.6 Å². The average molecular weight is 400 g/mol.